The molecule has 3 heterocycles. The summed E-state index contributed by atoms with van der Waals surface area (Å²) in [5, 5.41) is 11.6. The molecular weight excluding hydrogens is 485 g/mol. The number of halogens is 2. The molecule has 186 valence electrons. The van der Waals surface area contributed by atoms with Crippen LogP contribution < -0.4 is 5.06 Å². The van der Waals surface area contributed by atoms with Gasteiger partial charge in [0.1, 0.15) is 0 Å². The summed E-state index contributed by atoms with van der Waals surface area (Å²) >= 11 is 12.2. The first-order valence-electron chi connectivity index (χ1n) is 11.2. The van der Waals surface area contributed by atoms with Crippen molar-refractivity contribution in [1.82, 2.24) is 20.1 Å². The van der Waals surface area contributed by atoms with Gasteiger partial charge in [0.2, 0.25) is 0 Å². The second kappa shape index (κ2) is 10.3. The van der Waals surface area contributed by atoms with Gasteiger partial charge in [-0.2, -0.15) is 0 Å². The van der Waals surface area contributed by atoms with Crippen LogP contribution in [0.2, 0.25) is 10.2 Å². The fraction of sp³-hybridized carbons (Fsp3) is 0.591. The highest BCUT2D eigenvalue weighted by molar-refractivity contribution is 6.31. The third kappa shape index (κ3) is 5.99. The maximum absolute atomic E-state index is 12.7. The number of aromatic nitrogens is 3. The second-order valence-corrected chi connectivity index (χ2v) is 10.3. The van der Waals surface area contributed by atoms with Gasteiger partial charge >= 0.3 is 5.97 Å². The van der Waals surface area contributed by atoms with E-state index in [0.717, 1.165) is 12.8 Å². The Labute approximate surface area is 208 Å². The minimum absolute atomic E-state index is 0.000420. The van der Waals surface area contributed by atoms with Crippen LogP contribution in [-0.2, 0) is 23.9 Å². The number of carbonyl (C=O) groups excluding carboxylic acids is 1. The van der Waals surface area contributed by atoms with Gasteiger partial charge in [-0.05, 0) is 42.9 Å². The predicted molar refractivity (Wildman–Crippen MR) is 125 cm³/mol. The topological polar surface area (TPSA) is 91.2 Å². The average molecular weight is 514 g/mol. The van der Waals surface area contributed by atoms with E-state index >= 15 is 0 Å². The maximum Gasteiger partial charge on any atom is 0.309 e. The number of hydroxylamine groups is 3. The van der Waals surface area contributed by atoms with Crippen LogP contribution in [0.4, 0.5) is 5.69 Å². The van der Waals surface area contributed by atoms with Gasteiger partial charge in [-0.1, -0.05) is 54.2 Å². The molecule has 0 bridgehead atoms. The molecule has 2 aromatic rings. The van der Waals surface area contributed by atoms with Crippen LogP contribution in [0.25, 0.3) is 5.69 Å². The summed E-state index contributed by atoms with van der Waals surface area (Å²) in [7, 11) is 0. The lowest BCUT2D eigenvalue weighted by Crippen LogP contribution is -2.59. The summed E-state index contributed by atoms with van der Waals surface area (Å²) < 4.78 is 13.3. The van der Waals surface area contributed by atoms with Crippen molar-refractivity contribution in [2.24, 2.45) is 5.41 Å². The smallest absolute Gasteiger partial charge is 0.309 e. The SMILES string of the molecule is CC(C)(C)CCC(=O)OC1(N2CON(c3cc(Cl)ccc3-n3cc(Cl)nn3)CO2)CCCCO1. The number of hydrogen-bond acceptors (Lipinski definition) is 9. The molecule has 1 unspecified atom stereocenters. The van der Waals surface area contributed by atoms with Crippen molar-refractivity contribution in [2.75, 3.05) is 25.1 Å². The Morgan fingerprint density at radius 2 is 2.00 bits per heavy atom. The van der Waals surface area contributed by atoms with Crippen molar-refractivity contribution in [1.29, 1.82) is 0 Å². The zero-order valence-corrected chi connectivity index (χ0v) is 21.0. The van der Waals surface area contributed by atoms with Crippen molar-refractivity contribution < 1.29 is 23.9 Å². The monoisotopic (exact) mass is 513 g/mol. The average Bonchev–Trinajstić information content (AvgIpc) is 3.24. The molecule has 1 atom stereocenters. The lowest BCUT2D eigenvalue weighted by Gasteiger charge is -2.46. The van der Waals surface area contributed by atoms with Crippen molar-refractivity contribution in [3.05, 3.63) is 34.6 Å². The summed E-state index contributed by atoms with van der Waals surface area (Å²) in [5.41, 5.74) is 1.28. The van der Waals surface area contributed by atoms with E-state index in [0.29, 0.717) is 42.3 Å². The number of benzene rings is 1. The van der Waals surface area contributed by atoms with Crippen molar-refractivity contribution >= 4 is 34.9 Å². The van der Waals surface area contributed by atoms with Gasteiger partial charge in [0, 0.05) is 17.9 Å². The highest BCUT2D eigenvalue weighted by atomic mass is 35.5. The molecule has 0 radical (unpaired) electrons. The van der Waals surface area contributed by atoms with Crippen LogP contribution in [0, 0.1) is 5.41 Å². The zero-order valence-electron chi connectivity index (χ0n) is 19.5. The van der Waals surface area contributed by atoms with E-state index in [4.69, 9.17) is 42.4 Å². The van der Waals surface area contributed by atoms with Gasteiger partial charge in [-0.3, -0.25) is 14.5 Å². The Balaban J connectivity index is 1.47. The lowest BCUT2D eigenvalue weighted by molar-refractivity contribution is -0.437. The molecule has 1 aromatic carbocycles. The molecule has 2 aliphatic heterocycles. The molecule has 34 heavy (non-hydrogen) atoms. The van der Waals surface area contributed by atoms with Crippen LogP contribution in [0.15, 0.2) is 24.4 Å². The first-order valence-corrected chi connectivity index (χ1v) is 12.0. The molecule has 2 aliphatic rings. The quantitative estimate of drug-likeness (QED) is 0.509. The molecule has 0 amide bonds. The Hall–Kier alpha value is -1.95. The summed E-state index contributed by atoms with van der Waals surface area (Å²) in [6, 6.07) is 5.24. The van der Waals surface area contributed by atoms with Crippen LogP contribution in [0.1, 0.15) is 52.9 Å². The third-order valence-electron chi connectivity index (χ3n) is 5.53. The molecule has 4 rings (SSSR count). The fourth-order valence-electron chi connectivity index (χ4n) is 3.69. The fourth-order valence-corrected chi connectivity index (χ4v) is 3.99. The molecule has 0 N–H and O–H groups in total. The number of rotatable bonds is 6. The largest absolute Gasteiger partial charge is 0.416 e. The zero-order chi connectivity index (χ0) is 24.3. The van der Waals surface area contributed by atoms with Gasteiger partial charge in [0.05, 0.1) is 24.2 Å². The summed E-state index contributed by atoms with van der Waals surface area (Å²) in [5.74, 6) is -1.65. The van der Waals surface area contributed by atoms with E-state index in [1.54, 1.807) is 24.4 Å². The Morgan fingerprint density at radius 1 is 1.18 bits per heavy atom. The third-order valence-corrected chi connectivity index (χ3v) is 5.94. The molecule has 0 aliphatic carbocycles. The van der Waals surface area contributed by atoms with Crippen LogP contribution >= 0.6 is 23.2 Å². The summed E-state index contributed by atoms with van der Waals surface area (Å²) in [4.78, 5) is 24.6. The van der Waals surface area contributed by atoms with E-state index in [1.807, 2.05) is 0 Å². The number of ether oxygens (including phenoxy) is 2. The van der Waals surface area contributed by atoms with E-state index in [2.05, 4.69) is 31.1 Å². The molecule has 12 heteroatoms. The summed E-state index contributed by atoms with van der Waals surface area (Å²) in [6.45, 7) is 6.68. The number of carbonyl (C=O) groups is 1. The number of nitrogens with zero attached hydrogens (tertiary/aromatic N) is 5. The Kier molecular flexibility index (Phi) is 7.66. The Morgan fingerprint density at radius 3 is 2.62 bits per heavy atom. The predicted octanol–water partition coefficient (Wildman–Crippen LogP) is 4.70. The Bertz CT molecular complexity index is 998. The number of anilines is 1. The highest BCUT2D eigenvalue weighted by Crippen LogP contribution is 2.35. The first-order chi connectivity index (χ1) is 16.2. The van der Waals surface area contributed by atoms with E-state index in [9.17, 15) is 4.79 Å². The van der Waals surface area contributed by atoms with Gasteiger partial charge in [0.15, 0.2) is 18.6 Å². The molecule has 2 fully saturated rings. The highest BCUT2D eigenvalue weighted by Gasteiger charge is 2.47. The molecule has 2 saturated heterocycles. The minimum atomic E-state index is -1.32. The number of hydrogen-bond donors (Lipinski definition) is 0. The molecule has 0 saturated carbocycles. The minimum Gasteiger partial charge on any atom is -0.416 e. The molecular formula is C22H29Cl2N5O5. The second-order valence-electron chi connectivity index (χ2n) is 9.45. The molecule has 1 aromatic heterocycles. The summed E-state index contributed by atoms with van der Waals surface area (Å²) in [6.07, 6.45) is 4.78. The van der Waals surface area contributed by atoms with Crippen molar-refractivity contribution in [2.45, 2.75) is 58.8 Å². The number of esters is 1. The molecule has 0 spiro atoms. The van der Waals surface area contributed by atoms with Crippen LogP contribution in [0.3, 0.4) is 0 Å². The van der Waals surface area contributed by atoms with E-state index in [1.165, 1.54) is 14.8 Å². The van der Waals surface area contributed by atoms with Gasteiger partial charge in [-0.25, -0.2) is 9.75 Å². The normalized spacial score (nSPS) is 22.1. The van der Waals surface area contributed by atoms with Crippen LogP contribution in [-0.4, -0.2) is 52.0 Å². The maximum atomic E-state index is 12.7. The molecule has 10 nitrogen and oxygen atoms in total. The van der Waals surface area contributed by atoms with Crippen LogP contribution in [0.5, 0.6) is 0 Å². The van der Waals surface area contributed by atoms with Crippen molar-refractivity contribution in [3.8, 4) is 5.69 Å². The lowest BCUT2D eigenvalue weighted by atomic mass is 9.91. The van der Waals surface area contributed by atoms with Gasteiger partial charge in [0.25, 0.3) is 5.91 Å². The first kappa shape index (κ1) is 25.2. The van der Waals surface area contributed by atoms with Gasteiger partial charge in [-0.15, -0.1) is 5.10 Å². The van der Waals surface area contributed by atoms with Gasteiger partial charge < -0.3 is 9.47 Å². The van der Waals surface area contributed by atoms with E-state index < -0.39 is 5.91 Å². The van der Waals surface area contributed by atoms with Crippen molar-refractivity contribution in [3.63, 3.8) is 0 Å². The van der Waals surface area contributed by atoms with E-state index in [-0.39, 0.29) is 30.0 Å². The standard InChI is InChI=1S/C22H29Cl2N5O5/c1-21(2,3)10-8-20(30)34-22(9-4-5-11-31-22)29-15-32-28(14-33-29)18-12-16(23)6-7-17(18)27-13-19(24)25-26-27/h6-7,12-13H,4-5,8-11,14-15H2,1-3H3.